The molecule has 1 atom stereocenters. The van der Waals surface area contributed by atoms with Gasteiger partial charge in [0.25, 0.3) is 0 Å². The van der Waals surface area contributed by atoms with Crippen molar-refractivity contribution in [2.75, 3.05) is 31.6 Å². The van der Waals surface area contributed by atoms with Gasteiger partial charge in [0.15, 0.2) is 5.75 Å². The predicted molar refractivity (Wildman–Crippen MR) is 78.3 cm³/mol. The summed E-state index contributed by atoms with van der Waals surface area (Å²) in [5, 5.41) is 17.8. The van der Waals surface area contributed by atoms with Gasteiger partial charge < -0.3 is 15.4 Å². The molecular weight excluding hydrogens is 258 g/mol. The van der Waals surface area contributed by atoms with Crippen LogP contribution in [0.3, 0.4) is 0 Å². The van der Waals surface area contributed by atoms with E-state index in [0.29, 0.717) is 24.0 Å². The Labute approximate surface area is 118 Å². The van der Waals surface area contributed by atoms with Crippen molar-refractivity contribution in [1.82, 2.24) is 5.32 Å². The minimum absolute atomic E-state index is 0.0260. The lowest BCUT2D eigenvalue weighted by molar-refractivity contribution is -0.384. The fourth-order valence-corrected chi connectivity index (χ4v) is 2.48. The number of nitro groups is 1. The summed E-state index contributed by atoms with van der Waals surface area (Å²) in [4.78, 5) is 10.9. The molecule has 2 rings (SSSR count). The summed E-state index contributed by atoms with van der Waals surface area (Å²) in [6, 6.07) is 5.14. The lowest BCUT2D eigenvalue weighted by atomic mass is 9.99. The summed E-state index contributed by atoms with van der Waals surface area (Å²) >= 11 is 0. The zero-order chi connectivity index (χ0) is 14.4. The molecule has 1 unspecified atom stereocenters. The third-order valence-corrected chi connectivity index (χ3v) is 3.46. The molecule has 0 saturated carbocycles. The number of nitrogens with one attached hydrogen (secondary N) is 2. The molecule has 1 aliphatic heterocycles. The first-order valence-electron chi connectivity index (χ1n) is 7.07. The van der Waals surface area contributed by atoms with Crippen molar-refractivity contribution in [3.05, 3.63) is 28.3 Å². The van der Waals surface area contributed by atoms with Gasteiger partial charge in [-0.15, -0.1) is 0 Å². The lowest BCUT2D eigenvalue weighted by Gasteiger charge is -2.23. The van der Waals surface area contributed by atoms with Gasteiger partial charge in [0.05, 0.1) is 11.5 Å². The summed E-state index contributed by atoms with van der Waals surface area (Å²) in [6.07, 6.45) is 2.31. The van der Waals surface area contributed by atoms with E-state index in [1.165, 1.54) is 0 Å². The Hall–Kier alpha value is -1.82. The van der Waals surface area contributed by atoms with Crippen LogP contribution in [0.5, 0.6) is 5.75 Å². The fraction of sp³-hybridized carbons (Fsp3) is 0.571. The van der Waals surface area contributed by atoms with Crippen LogP contribution in [0, 0.1) is 16.0 Å². The highest BCUT2D eigenvalue weighted by Crippen LogP contribution is 2.34. The minimum Gasteiger partial charge on any atom is -0.487 e. The number of rotatable bonds is 6. The van der Waals surface area contributed by atoms with Gasteiger partial charge in [0.2, 0.25) is 0 Å². The van der Waals surface area contributed by atoms with Gasteiger partial charge >= 0.3 is 5.69 Å². The number of anilines is 1. The quantitative estimate of drug-likeness (QED) is 0.617. The zero-order valence-corrected chi connectivity index (χ0v) is 11.7. The van der Waals surface area contributed by atoms with E-state index in [0.717, 1.165) is 32.5 Å². The monoisotopic (exact) mass is 279 g/mol. The van der Waals surface area contributed by atoms with Crippen LogP contribution in [0.15, 0.2) is 18.2 Å². The first kappa shape index (κ1) is 14.6. The van der Waals surface area contributed by atoms with Gasteiger partial charge in [0.1, 0.15) is 5.69 Å². The maximum atomic E-state index is 11.2. The second-order valence-electron chi connectivity index (χ2n) is 4.94. The molecule has 2 N–H and O–H groups in total. The van der Waals surface area contributed by atoms with Crippen LogP contribution in [0.2, 0.25) is 0 Å². The summed E-state index contributed by atoms with van der Waals surface area (Å²) in [7, 11) is 0. The van der Waals surface area contributed by atoms with E-state index in [9.17, 15) is 10.1 Å². The number of nitro benzene ring substituents is 1. The average molecular weight is 279 g/mol. The van der Waals surface area contributed by atoms with E-state index >= 15 is 0 Å². The van der Waals surface area contributed by atoms with Crippen molar-refractivity contribution >= 4 is 11.4 Å². The number of hydrogen-bond acceptors (Lipinski definition) is 5. The van der Waals surface area contributed by atoms with Crippen molar-refractivity contribution in [2.45, 2.75) is 19.8 Å². The Bertz CT molecular complexity index is 459. The standard InChI is InChI=1S/C14H21N3O3/c1-2-20-13-7-3-6-12(14(13)17(18)19)16-10-11-5-4-8-15-9-11/h3,6-7,11,15-16H,2,4-5,8-10H2,1H3. The molecular formula is C14H21N3O3. The zero-order valence-electron chi connectivity index (χ0n) is 11.7. The van der Waals surface area contributed by atoms with Crippen molar-refractivity contribution < 1.29 is 9.66 Å². The molecule has 0 bridgehead atoms. The van der Waals surface area contributed by atoms with E-state index in [-0.39, 0.29) is 10.6 Å². The van der Waals surface area contributed by atoms with Gasteiger partial charge in [-0.25, -0.2) is 0 Å². The number of nitrogens with zero attached hydrogens (tertiary/aromatic N) is 1. The van der Waals surface area contributed by atoms with Crippen molar-refractivity contribution in [3.8, 4) is 5.75 Å². The van der Waals surface area contributed by atoms with Crippen LogP contribution in [-0.2, 0) is 0 Å². The van der Waals surface area contributed by atoms with Gasteiger partial charge in [-0.05, 0) is 50.9 Å². The maximum absolute atomic E-state index is 11.2. The molecule has 6 heteroatoms. The Morgan fingerprint density at radius 2 is 2.40 bits per heavy atom. The summed E-state index contributed by atoms with van der Waals surface area (Å²) in [5.41, 5.74) is 0.560. The third-order valence-electron chi connectivity index (χ3n) is 3.46. The molecule has 1 aromatic rings. The molecule has 0 amide bonds. The van der Waals surface area contributed by atoms with Crippen molar-refractivity contribution in [3.63, 3.8) is 0 Å². The predicted octanol–water partition coefficient (Wildman–Crippen LogP) is 2.41. The lowest BCUT2D eigenvalue weighted by Crippen LogP contribution is -2.33. The molecule has 1 saturated heterocycles. The topological polar surface area (TPSA) is 76.4 Å². The number of ether oxygens (including phenoxy) is 1. The number of hydrogen-bond donors (Lipinski definition) is 2. The third kappa shape index (κ3) is 3.60. The van der Waals surface area contributed by atoms with Gasteiger partial charge in [-0.3, -0.25) is 10.1 Å². The first-order valence-corrected chi connectivity index (χ1v) is 7.07. The average Bonchev–Trinajstić information content (AvgIpc) is 2.46. The Morgan fingerprint density at radius 3 is 3.05 bits per heavy atom. The summed E-state index contributed by atoms with van der Waals surface area (Å²) < 4.78 is 5.34. The number of para-hydroxylation sites is 1. The SMILES string of the molecule is CCOc1cccc(NCC2CCCNC2)c1[N+](=O)[O-]. The van der Waals surface area contributed by atoms with Crippen LogP contribution < -0.4 is 15.4 Å². The van der Waals surface area contributed by atoms with Gasteiger partial charge in [-0.1, -0.05) is 6.07 Å². The van der Waals surface area contributed by atoms with Crippen LogP contribution in [0.1, 0.15) is 19.8 Å². The molecule has 1 aliphatic rings. The van der Waals surface area contributed by atoms with Crippen LogP contribution in [-0.4, -0.2) is 31.2 Å². The minimum atomic E-state index is -0.382. The van der Waals surface area contributed by atoms with Crippen molar-refractivity contribution in [2.24, 2.45) is 5.92 Å². The Kier molecular flexibility index (Phi) is 5.17. The molecule has 0 radical (unpaired) electrons. The van der Waals surface area contributed by atoms with Gasteiger partial charge in [0, 0.05) is 6.54 Å². The molecule has 0 aromatic heterocycles. The van der Waals surface area contributed by atoms with Crippen LogP contribution >= 0.6 is 0 Å². The second-order valence-corrected chi connectivity index (χ2v) is 4.94. The highest BCUT2D eigenvalue weighted by atomic mass is 16.6. The van der Waals surface area contributed by atoms with E-state index in [4.69, 9.17) is 4.74 Å². The summed E-state index contributed by atoms with van der Waals surface area (Å²) in [6.45, 7) is 5.00. The highest BCUT2D eigenvalue weighted by Gasteiger charge is 2.21. The van der Waals surface area contributed by atoms with Gasteiger partial charge in [-0.2, -0.15) is 0 Å². The smallest absolute Gasteiger partial charge is 0.333 e. The second kappa shape index (κ2) is 7.09. The normalized spacial score (nSPS) is 18.6. The molecule has 1 aromatic carbocycles. The van der Waals surface area contributed by atoms with Crippen molar-refractivity contribution in [1.29, 1.82) is 0 Å². The molecule has 1 heterocycles. The molecule has 110 valence electrons. The molecule has 6 nitrogen and oxygen atoms in total. The first-order chi connectivity index (χ1) is 9.72. The van der Waals surface area contributed by atoms with E-state index in [1.54, 1.807) is 18.2 Å². The number of benzene rings is 1. The fourth-order valence-electron chi connectivity index (χ4n) is 2.48. The van der Waals surface area contributed by atoms with Crippen LogP contribution in [0.4, 0.5) is 11.4 Å². The molecule has 20 heavy (non-hydrogen) atoms. The van der Waals surface area contributed by atoms with E-state index in [2.05, 4.69) is 10.6 Å². The summed E-state index contributed by atoms with van der Waals surface area (Å²) in [5.74, 6) is 0.836. The van der Waals surface area contributed by atoms with Crippen LogP contribution in [0.25, 0.3) is 0 Å². The maximum Gasteiger partial charge on any atom is 0.333 e. The largest absolute Gasteiger partial charge is 0.487 e. The molecule has 0 spiro atoms. The highest BCUT2D eigenvalue weighted by molar-refractivity contribution is 5.68. The number of piperidine rings is 1. The molecule has 1 fully saturated rings. The Morgan fingerprint density at radius 1 is 1.55 bits per heavy atom. The van der Waals surface area contributed by atoms with E-state index < -0.39 is 0 Å². The molecule has 0 aliphatic carbocycles. The Balaban J connectivity index is 2.09. The van der Waals surface area contributed by atoms with E-state index in [1.807, 2.05) is 6.92 Å².